The van der Waals surface area contributed by atoms with Gasteiger partial charge in [-0.3, -0.25) is 4.98 Å². The second-order valence-corrected chi connectivity index (χ2v) is 8.63. The molecular weight excluding hydrogens is 404 g/mol. The largest absolute Gasteiger partial charge is 0.369 e. The molecule has 0 amide bonds. The van der Waals surface area contributed by atoms with E-state index >= 15 is 0 Å². The highest BCUT2D eigenvalue weighted by molar-refractivity contribution is 5.85. The number of allylic oxidation sites excluding steroid dienone is 3. The first kappa shape index (κ1) is 21.0. The van der Waals surface area contributed by atoms with E-state index in [9.17, 15) is 0 Å². The molecule has 164 valence electrons. The molecule has 1 atom stereocenters. The molecule has 4 nitrogen and oxygen atoms in total. The monoisotopic (exact) mass is 432 g/mol. The topological polar surface area (TPSA) is 54.5 Å². The van der Waals surface area contributed by atoms with E-state index in [0.29, 0.717) is 12.5 Å². The minimum atomic E-state index is -0.658. The Labute approximate surface area is 195 Å². The number of hydrogen-bond donors (Lipinski definition) is 1. The molecule has 0 bridgehead atoms. The zero-order valence-corrected chi connectivity index (χ0v) is 18.9. The number of pyridine rings is 1. The summed E-state index contributed by atoms with van der Waals surface area (Å²) in [5.41, 5.74) is 13.5. The van der Waals surface area contributed by atoms with Crippen molar-refractivity contribution in [2.24, 2.45) is 10.7 Å². The van der Waals surface area contributed by atoms with Gasteiger partial charge in [0.15, 0.2) is 11.5 Å². The molecule has 5 rings (SSSR count). The van der Waals surface area contributed by atoms with Gasteiger partial charge in [-0.1, -0.05) is 79.4 Å². The van der Waals surface area contributed by atoms with Gasteiger partial charge in [-0.15, -0.1) is 0 Å². The van der Waals surface area contributed by atoms with Crippen LogP contribution in [-0.4, -0.2) is 15.8 Å². The Hall–Kier alpha value is -3.92. The highest BCUT2D eigenvalue weighted by Crippen LogP contribution is 2.48. The maximum atomic E-state index is 6.56. The SMILES string of the molecule is C=C1N(Cc2cccc(-c3ccc(C)nc3)c2)C(N)=NC1(C1=CC=CCC1)c1ccccc1. The zero-order chi connectivity index (χ0) is 22.8. The second-order valence-electron chi connectivity index (χ2n) is 8.63. The van der Waals surface area contributed by atoms with Gasteiger partial charge in [-0.2, -0.15) is 0 Å². The van der Waals surface area contributed by atoms with Gasteiger partial charge in [-0.25, -0.2) is 4.99 Å². The van der Waals surface area contributed by atoms with Gasteiger partial charge in [0.1, 0.15) is 0 Å². The molecule has 2 heterocycles. The lowest BCUT2D eigenvalue weighted by Gasteiger charge is -2.34. The summed E-state index contributed by atoms with van der Waals surface area (Å²) in [4.78, 5) is 11.6. The van der Waals surface area contributed by atoms with Crippen LogP contribution in [0.3, 0.4) is 0 Å². The van der Waals surface area contributed by atoms with Crippen molar-refractivity contribution in [1.29, 1.82) is 0 Å². The first-order chi connectivity index (χ1) is 16.1. The van der Waals surface area contributed by atoms with Crippen molar-refractivity contribution in [3.05, 3.63) is 126 Å². The number of aromatic nitrogens is 1. The lowest BCUT2D eigenvalue weighted by Crippen LogP contribution is -2.35. The molecule has 1 aliphatic heterocycles. The smallest absolute Gasteiger partial charge is 0.197 e. The maximum Gasteiger partial charge on any atom is 0.197 e. The number of nitrogens with two attached hydrogens (primary N) is 1. The molecule has 0 saturated carbocycles. The molecule has 1 aliphatic carbocycles. The van der Waals surface area contributed by atoms with Crippen LogP contribution in [0.15, 0.2) is 114 Å². The molecule has 0 spiro atoms. The third kappa shape index (κ3) is 3.78. The normalized spacial score (nSPS) is 20.0. The van der Waals surface area contributed by atoms with Gasteiger partial charge in [-0.05, 0) is 54.2 Å². The van der Waals surface area contributed by atoms with Crippen molar-refractivity contribution < 1.29 is 0 Å². The molecule has 0 saturated heterocycles. The van der Waals surface area contributed by atoms with Crippen LogP contribution in [0.1, 0.15) is 29.7 Å². The fourth-order valence-corrected chi connectivity index (χ4v) is 4.73. The molecule has 4 heteroatoms. The summed E-state index contributed by atoms with van der Waals surface area (Å²) < 4.78 is 0. The predicted molar refractivity (Wildman–Crippen MR) is 135 cm³/mol. The summed E-state index contributed by atoms with van der Waals surface area (Å²) >= 11 is 0. The molecule has 0 fully saturated rings. The minimum absolute atomic E-state index is 0.502. The van der Waals surface area contributed by atoms with Crippen molar-refractivity contribution in [2.75, 3.05) is 0 Å². The number of guanidine groups is 1. The van der Waals surface area contributed by atoms with E-state index in [4.69, 9.17) is 10.7 Å². The van der Waals surface area contributed by atoms with E-state index < -0.39 is 5.54 Å². The average Bonchev–Trinajstić information content (AvgIpc) is 3.11. The molecule has 1 aromatic heterocycles. The first-order valence-corrected chi connectivity index (χ1v) is 11.3. The van der Waals surface area contributed by atoms with Crippen LogP contribution < -0.4 is 5.73 Å². The van der Waals surface area contributed by atoms with Gasteiger partial charge in [0, 0.05) is 17.5 Å². The molecule has 1 unspecified atom stereocenters. The number of aliphatic imine (C=N–C) groups is 1. The van der Waals surface area contributed by atoms with E-state index in [1.54, 1.807) is 0 Å². The highest BCUT2D eigenvalue weighted by atomic mass is 15.3. The zero-order valence-electron chi connectivity index (χ0n) is 18.9. The molecule has 0 radical (unpaired) electrons. The van der Waals surface area contributed by atoms with Crippen LogP contribution in [0.4, 0.5) is 0 Å². The van der Waals surface area contributed by atoms with Crippen molar-refractivity contribution in [3.63, 3.8) is 0 Å². The Kier molecular flexibility index (Phi) is 5.43. The van der Waals surface area contributed by atoms with E-state index in [0.717, 1.165) is 46.5 Å². The van der Waals surface area contributed by atoms with Crippen molar-refractivity contribution in [3.8, 4) is 11.1 Å². The fourth-order valence-electron chi connectivity index (χ4n) is 4.73. The Balaban J connectivity index is 1.50. The maximum absolute atomic E-state index is 6.56. The predicted octanol–water partition coefficient (Wildman–Crippen LogP) is 5.87. The van der Waals surface area contributed by atoms with E-state index in [-0.39, 0.29) is 0 Å². The fraction of sp³-hybridized carbons (Fsp3) is 0.172. The van der Waals surface area contributed by atoms with Gasteiger partial charge in [0.2, 0.25) is 0 Å². The molecular formula is C29H28N4. The lowest BCUT2D eigenvalue weighted by molar-refractivity contribution is 0.455. The Morgan fingerprint density at radius 3 is 2.61 bits per heavy atom. The molecule has 3 aromatic rings. The number of hydrogen-bond acceptors (Lipinski definition) is 4. The summed E-state index contributed by atoms with van der Waals surface area (Å²) in [6, 6.07) is 23.0. The van der Waals surface area contributed by atoms with Gasteiger partial charge >= 0.3 is 0 Å². The molecule has 2 N–H and O–H groups in total. The van der Waals surface area contributed by atoms with Crippen LogP contribution in [0.2, 0.25) is 0 Å². The van der Waals surface area contributed by atoms with Crippen LogP contribution in [-0.2, 0) is 12.1 Å². The summed E-state index contributed by atoms with van der Waals surface area (Å²) in [5.74, 6) is 0.502. The van der Waals surface area contributed by atoms with Gasteiger partial charge < -0.3 is 10.6 Å². The van der Waals surface area contributed by atoms with E-state index in [1.807, 2.05) is 25.3 Å². The van der Waals surface area contributed by atoms with Crippen LogP contribution in [0, 0.1) is 6.92 Å². The van der Waals surface area contributed by atoms with Crippen molar-refractivity contribution in [1.82, 2.24) is 9.88 Å². The Morgan fingerprint density at radius 1 is 1.03 bits per heavy atom. The van der Waals surface area contributed by atoms with Crippen molar-refractivity contribution >= 4 is 5.96 Å². The number of rotatable bonds is 5. The minimum Gasteiger partial charge on any atom is -0.369 e. The second kappa shape index (κ2) is 8.55. The third-order valence-electron chi connectivity index (χ3n) is 6.48. The third-order valence-corrected chi connectivity index (χ3v) is 6.48. The summed E-state index contributed by atoms with van der Waals surface area (Å²) in [7, 11) is 0. The lowest BCUT2D eigenvalue weighted by atomic mass is 9.77. The molecule has 2 aromatic carbocycles. The Morgan fingerprint density at radius 2 is 1.88 bits per heavy atom. The van der Waals surface area contributed by atoms with Crippen LogP contribution >= 0.6 is 0 Å². The van der Waals surface area contributed by atoms with Crippen molar-refractivity contribution in [2.45, 2.75) is 31.8 Å². The van der Waals surface area contributed by atoms with E-state index in [2.05, 4.69) is 89.3 Å². The van der Waals surface area contributed by atoms with Crippen LogP contribution in [0.5, 0.6) is 0 Å². The summed E-state index contributed by atoms with van der Waals surface area (Å²) in [5, 5.41) is 0. The quantitative estimate of drug-likeness (QED) is 0.548. The summed E-state index contributed by atoms with van der Waals surface area (Å²) in [6.07, 6.45) is 10.3. The summed E-state index contributed by atoms with van der Waals surface area (Å²) in [6.45, 7) is 7.14. The van der Waals surface area contributed by atoms with Gasteiger partial charge in [0.25, 0.3) is 0 Å². The average molecular weight is 433 g/mol. The standard InChI is InChI=1S/C29H28N4/c1-21-16-17-25(19-31-21)24-11-9-10-23(18-24)20-33-22(2)29(32-28(33)30,26-12-5-3-6-13-26)27-14-7-4-8-15-27/h3-7,9-14,16-19H,2,8,15,20H2,1H3,(H2,30,32). The Bertz CT molecular complexity index is 1270. The van der Waals surface area contributed by atoms with E-state index in [1.165, 1.54) is 5.57 Å². The molecule has 2 aliphatic rings. The number of benzene rings is 2. The molecule has 33 heavy (non-hydrogen) atoms. The van der Waals surface area contributed by atoms with Gasteiger partial charge in [0.05, 0.1) is 12.2 Å². The first-order valence-electron chi connectivity index (χ1n) is 11.3. The highest BCUT2D eigenvalue weighted by Gasteiger charge is 2.46. The van der Waals surface area contributed by atoms with Crippen LogP contribution in [0.25, 0.3) is 11.1 Å². The number of nitrogens with zero attached hydrogens (tertiary/aromatic N) is 3. The number of aryl methyl sites for hydroxylation is 1.